The number of carbonyl (C=O) groups is 1. The highest BCUT2D eigenvalue weighted by Crippen LogP contribution is 2.38. The summed E-state index contributed by atoms with van der Waals surface area (Å²) >= 11 is 6.01. The predicted molar refractivity (Wildman–Crippen MR) is 130 cm³/mol. The number of urea groups is 1. The van der Waals surface area contributed by atoms with Crippen LogP contribution in [0.3, 0.4) is 0 Å². The van der Waals surface area contributed by atoms with Crippen molar-refractivity contribution in [1.29, 1.82) is 0 Å². The van der Waals surface area contributed by atoms with Crippen LogP contribution in [-0.4, -0.2) is 34.7 Å². The number of alkyl halides is 3. The minimum absolute atomic E-state index is 0.0119. The Kier molecular flexibility index (Phi) is 6.51. The summed E-state index contributed by atoms with van der Waals surface area (Å²) in [6.45, 7) is 0.132. The van der Waals surface area contributed by atoms with Crippen molar-refractivity contribution in [3.63, 3.8) is 0 Å². The van der Waals surface area contributed by atoms with Gasteiger partial charge in [0.1, 0.15) is 5.75 Å². The van der Waals surface area contributed by atoms with Crippen LogP contribution in [-0.2, 0) is 12.7 Å². The van der Waals surface area contributed by atoms with Crippen molar-refractivity contribution in [2.24, 2.45) is 0 Å². The maximum absolute atomic E-state index is 13.5. The lowest BCUT2D eigenvalue weighted by Crippen LogP contribution is -2.32. The molecule has 0 unspecified atom stereocenters. The van der Waals surface area contributed by atoms with Gasteiger partial charge in [-0.3, -0.25) is 4.90 Å². The highest BCUT2D eigenvalue weighted by Gasteiger charge is 2.41. The van der Waals surface area contributed by atoms with Crippen LogP contribution in [0, 0.1) is 0 Å². The molecule has 1 aliphatic heterocycles. The van der Waals surface area contributed by atoms with E-state index in [1.807, 2.05) is 0 Å². The minimum Gasteiger partial charge on any atom is -0.497 e. The Labute approximate surface area is 215 Å². The molecule has 0 spiro atoms. The second-order valence-electron chi connectivity index (χ2n) is 8.39. The predicted octanol–water partition coefficient (Wildman–Crippen LogP) is 6.60. The number of nitrogens with zero attached hydrogens (tertiary/aromatic N) is 4. The first kappa shape index (κ1) is 24.6. The fourth-order valence-corrected chi connectivity index (χ4v) is 4.32. The van der Waals surface area contributed by atoms with E-state index in [1.54, 1.807) is 61.7 Å². The van der Waals surface area contributed by atoms with Gasteiger partial charge in [0.05, 0.1) is 25.3 Å². The molecule has 0 aliphatic carbocycles. The molecule has 5 rings (SSSR count). The van der Waals surface area contributed by atoms with Gasteiger partial charge in [-0.1, -0.05) is 28.9 Å². The SMILES string of the molecule is COc1ccc(-c2nc(CN3C[C@H](c4cccc(C(F)(F)F)c4)N(c4ccc(Cl)cc4)C3=O)no2)cc1. The quantitative estimate of drug-likeness (QED) is 0.282. The highest BCUT2D eigenvalue weighted by atomic mass is 35.5. The van der Waals surface area contributed by atoms with Gasteiger partial charge >= 0.3 is 12.2 Å². The van der Waals surface area contributed by atoms with Gasteiger partial charge in [-0.05, 0) is 66.2 Å². The van der Waals surface area contributed by atoms with Crippen LogP contribution in [0.1, 0.15) is 23.0 Å². The number of benzene rings is 3. The van der Waals surface area contributed by atoms with E-state index in [0.29, 0.717) is 27.6 Å². The first-order valence-corrected chi connectivity index (χ1v) is 11.6. The summed E-state index contributed by atoms with van der Waals surface area (Å²) in [5.74, 6) is 1.21. The van der Waals surface area contributed by atoms with E-state index in [9.17, 15) is 18.0 Å². The summed E-state index contributed by atoms with van der Waals surface area (Å²) in [7, 11) is 1.56. The molecule has 1 atom stereocenters. The van der Waals surface area contributed by atoms with Gasteiger partial charge in [0.25, 0.3) is 5.89 Å². The van der Waals surface area contributed by atoms with Crippen molar-refractivity contribution in [2.45, 2.75) is 18.8 Å². The number of rotatable bonds is 6. The average Bonchev–Trinajstić information content (AvgIpc) is 3.49. The van der Waals surface area contributed by atoms with E-state index in [0.717, 1.165) is 12.1 Å². The Morgan fingerprint density at radius 2 is 1.81 bits per heavy atom. The van der Waals surface area contributed by atoms with Crippen LogP contribution in [0.25, 0.3) is 11.5 Å². The molecule has 0 radical (unpaired) electrons. The third kappa shape index (κ3) is 5.10. The Morgan fingerprint density at radius 1 is 1.08 bits per heavy atom. The van der Waals surface area contributed by atoms with Gasteiger partial charge in [-0.15, -0.1) is 0 Å². The molecule has 0 bridgehead atoms. The van der Waals surface area contributed by atoms with Crippen LogP contribution in [0.15, 0.2) is 77.3 Å². The smallest absolute Gasteiger partial charge is 0.416 e. The fourth-order valence-electron chi connectivity index (χ4n) is 4.19. The number of ether oxygens (including phenoxy) is 1. The summed E-state index contributed by atoms with van der Waals surface area (Å²) in [5, 5.41) is 4.46. The Bertz CT molecular complexity index is 1410. The molecule has 37 heavy (non-hydrogen) atoms. The van der Waals surface area contributed by atoms with Crippen molar-refractivity contribution < 1.29 is 27.2 Å². The van der Waals surface area contributed by atoms with Crippen LogP contribution >= 0.6 is 11.6 Å². The molecular formula is C26H20ClF3N4O3. The standard InChI is InChI=1S/C26H20ClF3N4O3/c1-36-21-11-5-16(6-12-21)24-31-23(32-37-24)15-33-14-22(17-3-2-4-18(13-17)26(28,29)30)34(25(33)35)20-9-7-19(27)8-10-20/h2-13,22H,14-15H2,1H3/t22-/m1/s1. The third-order valence-corrected chi connectivity index (χ3v) is 6.27. The third-order valence-electron chi connectivity index (χ3n) is 6.02. The zero-order valence-corrected chi connectivity index (χ0v) is 20.2. The molecule has 190 valence electrons. The molecular weight excluding hydrogens is 509 g/mol. The summed E-state index contributed by atoms with van der Waals surface area (Å²) in [6, 6.07) is 17.5. The highest BCUT2D eigenvalue weighted by molar-refractivity contribution is 6.30. The molecule has 1 aliphatic rings. The number of halogens is 4. The largest absolute Gasteiger partial charge is 0.497 e. The second-order valence-corrected chi connectivity index (χ2v) is 8.83. The van der Waals surface area contributed by atoms with E-state index in [4.69, 9.17) is 20.9 Å². The Hall–Kier alpha value is -4.05. The van der Waals surface area contributed by atoms with Crippen LogP contribution in [0.5, 0.6) is 5.75 Å². The van der Waals surface area contributed by atoms with E-state index in [1.165, 1.54) is 15.9 Å². The van der Waals surface area contributed by atoms with E-state index in [-0.39, 0.29) is 24.8 Å². The van der Waals surface area contributed by atoms with E-state index >= 15 is 0 Å². The summed E-state index contributed by atoms with van der Waals surface area (Å²) in [6.07, 6.45) is -4.51. The molecule has 7 nitrogen and oxygen atoms in total. The van der Waals surface area contributed by atoms with Crippen LogP contribution in [0.2, 0.25) is 5.02 Å². The lowest BCUT2D eigenvalue weighted by molar-refractivity contribution is -0.137. The minimum atomic E-state index is -4.51. The molecule has 2 heterocycles. The van der Waals surface area contributed by atoms with Gasteiger partial charge in [0.15, 0.2) is 5.82 Å². The monoisotopic (exact) mass is 528 g/mol. The van der Waals surface area contributed by atoms with Crippen LogP contribution < -0.4 is 9.64 Å². The molecule has 4 aromatic rings. The average molecular weight is 529 g/mol. The molecule has 1 aromatic heterocycles. The number of anilines is 1. The molecule has 3 aromatic carbocycles. The summed E-state index contributed by atoms with van der Waals surface area (Å²) in [4.78, 5) is 20.8. The number of methoxy groups -OCH3 is 1. The van der Waals surface area contributed by atoms with Crippen molar-refractivity contribution >= 4 is 23.3 Å². The van der Waals surface area contributed by atoms with Gasteiger partial charge in [-0.25, -0.2) is 4.79 Å². The second kappa shape index (κ2) is 9.78. The molecule has 2 amide bonds. The van der Waals surface area contributed by atoms with E-state index < -0.39 is 23.8 Å². The fraction of sp³-hybridized carbons (Fsp3) is 0.192. The van der Waals surface area contributed by atoms with Crippen LogP contribution in [0.4, 0.5) is 23.7 Å². The molecule has 0 N–H and O–H groups in total. The maximum Gasteiger partial charge on any atom is 0.416 e. The van der Waals surface area contributed by atoms with Gasteiger partial charge in [-0.2, -0.15) is 18.2 Å². The maximum atomic E-state index is 13.5. The normalized spacial score (nSPS) is 15.9. The van der Waals surface area contributed by atoms with Crippen molar-refractivity contribution in [3.05, 3.63) is 94.8 Å². The van der Waals surface area contributed by atoms with Crippen molar-refractivity contribution in [1.82, 2.24) is 15.0 Å². The lowest BCUT2D eigenvalue weighted by atomic mass is 10.0. The van der Waals surface area contributed by atoms with E-state index in [2.05, 4.69) is 10.1 Å². The lowest BCUT2D eigenvalue weighted by Gasteiger charge is -2.24. The van der Waals surface area contributed by atoms with Crippen molar-refractivity contribution in [3.8, 4) is 17.2 Å². The molecule has 11 heteroatoms. The molecule has 0 saturated carbocycles. The van der Waals surface area contributed by atoms with Crippen molar-refractivity contribution in [2.75, 3.05) is 18.6 Å². The number of hydrogen-bond donors (Lipinski definition) is 0. The Morgan fingerprint density at radius 3 is 2.49 bits per heavy atom. The number of carbonyl (C=O) groups excluding carboxylic acids is 1. The molecule has 1 fully saturated rings. The first-order valence-electron chi connectivity index (χ1n) is 11.2. The zero-order valence-electron chi connectivity index (χ0n) is 19.4. The first-order chi connectivity index (χ1) is 17.7. The Balaban J connectivity index is 1.44. The number of amides is 2. The topological polar surface area (TPSA) is 71.7 Å². The zero-order chi connectivity index (χ0) is 26.2. The van der Waals surface area contributed by atoms with Gasteiger partial charge in [0, 0.05) is 22.8 Å². The number of hydrogen-bond acceptors (Lipinski definition) is 5. The van der Waals surface area contributed by atoms with Gasteiger partial charge in [0.2, 0.25) is 0 Å². The van der Waals surface area contributed by atoms with Gasteiger partial charge < -0.3 is 14.2 Å². The molecule has 1 saturated heterocycles. The summed E-state index contributed by atoms with van der Waals surface area (Å²) in [5.41, 5.74) is 0.755. The number of aromatic nitrogens is 2. The summed E-state index contributed by atoms with van der Waals surface area (Å²) < 4.78 is 50.7.